The van der Waals surface area contributed by atoms with Crippen molar-refractivity contribution in [2.75, 3.05) is 0 Å². The van der Waals surface area contributed by atoms with Crippen LogP contribution in [0.15, 0.2) is 35.0 Å². The number of hydrogen-bond acceptors (Lipinski definition) is 3. The summed E-state index contributed by atoms with van der Waals surface area (Å²) in [5.41, 5.74) is 2.15. The van der Waals surface area contributed by atoms with E-state index in [1.165, 1.54) is 18.5 Å². The summed E-state index contributed by atoms with van der Waals surface area (Å²) in [5.74, 6) is 0.290. The molecule has 0 saturated carbocycles. The van der Waals surface area contributed by atoms with Crippen molar-refractivity contribution in [2.45, 2.75) is 19.8 Å². The number of benzene rings is 1. The molecule has 3 rings (SSSR count). The average molecular weight is 291 g/mol. The van der Waals surface area contributed by atoms with Crippen LogP contribution in [-0.2, 0) is 6.42 Å². The molecule has 2 aromatic heterocycles. The van der Waals surface area contributed by atoms with E-state index in [0.717, 1.165) is 18.4 Å². The molecular weight excluding hydrogens is 279 g/mol. The second-order valence-electron chi connectivity index (χ2n) is 4.53. The van der Waals surface area contributed by atoms with Crippen LogP contribution in [0.3, 0.4) is 0 Å². The number of furan rings is 1. The predicted octanol–water partition coefficient (Wildman–Crippen LogP) is 4.63. The van der Waals surface area contributed by atoms with Gasteiger partial charge in [0.05, 0.1) is 0 Å². The summed E-state index contributed by atoms with van der Waals surface area (Å²) < 4.78 is 19.0. The number of hydrogen-bond donors (Lipinski definition) is 0. The summed E-state index contributed by atoms with van der Waals surface area (Å²) in [5, 5.41) is 1.14. The molecule has 20 heavy (non-hydrogen) atoms. The number of fused-ring (bicyclic) bond motifs is 1. The van der Waals surface area contributed by atoms with Gasteiger partial charge in [0.2, 0.25) is 0 Å². The zero-order valence-electron chi connectivity index (χ0n) is 10.9. The fraction of sp³-hybridized carbons (Fsp3) is 0.200. The molecule has 0 fully saturated rings. The van der Waals surface area contributed by atoms with Crippen molar-refractivity contribution < 1.29 is 8.81 Å². The Morgan fingerprint density at radius 3 is 2.90 bits per heavy atom. The maximum Gasteiger partial charge on any atom is 0.154 e. The highest BCUT2D eigenvalue weighted by Gasteiger charge is 2.15. The van der Waals surface area contributed by atoms with Crippen LogP contribution in [0.4, 0.5) is 4.39 Å². The number of nitrogens with zero attached hydrogens (tertiary/aromatic N) is 2. The molecular formula is C15H12ClFN2O. The first-order valence-corrected chi connectivity index (χ1v) is 6.75. The van der Waals surface area contributed by atoms with Gasteiger partial charge in [0.25, 0.3) is 0 Å². The standard InChI is InChI=1S/C15H12ClFN2O/c1-2-3-11-14(18-8-19-15(11)16)13-7-9-6-10(17)4-5-12(9)20-13/h4-8H,2-3H2,1H3. The molecule has 102 valence electrons. The van der Waals surface area contributed by atoms with Gasteiger partial charge >= 0.3 is 0 Å². The van der Waals surface area contributed by atoms with E-state index < -0.39 is 0 Å². The highest BCUT2D eigenvalue weighted by Crippen LogP contribution is 2.31. The quantitative estimate of drug-likeness (QED) is 0.660. The maximum absolute atomic E-state index is 13.2. The Morgan fingerprint density at radius 1 is 1.25 bits per heavy atom. The molecule has 0 N–H and O–H groups in total. The predicted molar refractivity (Wildman–Crippen MR) is 76.2 cm³/mol. The van der Waals surface area contributed by atoms with Gasteiger partial charge in [-0.3, -0.25) is 0 Å². The molecule has 0 aliphatic heterocycles. The summed E-state index contributed by atoms with van der Waals surface area (Å²) in [4.78, 5) is 8.27. The highest BCUT2D eigenvalue weighted by molar-refractivity contribution is 6.30. The summed E-state index contributed by atoms with van der Waals surface area (Å²) in [6.45, 7) is 2.06. The third kappa shape index (κ3) is 2.27. The van der Waals surface area contributed by atoms with E-state index in [4.69, 9.17) is 16.0 Å². The smallest absolute Gasteiger partial charge is 0.154 e. The topological polar surface area (TPSA) is 38.9 Å². The second-order valence-corrected chi connectivity index (χ2v) is 4.89. The van der Waals surface area contributed by atoms with E-state index in [-0.39, 0.29) is 5.82 Å². The van der Waals surface area contributed by atoms with Crippen molar-refractivity contribution in [3.8, 4) is 11.5 Å². The monoisotopic (exact) mass is 290 g/mol. The van der Waals surface area contributed by atoms with Crippen molar-refractivity contribution in [1.82, 2.24) is 9.97 Å². The summed E-state index contributed by atoms with van der Waals surface area (Å²) >= 11 is 6.13. The van der Waals surface area contributed by atoms with Crippen molar-refractivity contribution in [1.29, 1.82) is 0 Å². The zero-order chi connectivity index (χ0) is 14.1. The number of aromatic nitrogens is 2. The van der Waals surface area contributed by atoms with E-state index in [2.05, 4.69) is 16.9 Å². The van der Waals surface area contributed by atoms with Gasteiger partial charge in [0.15, 0.2) is 5.76 Å². The van der Waals surface area contributed by atoms with Gasteiger partial charge in [0, 0.05) is 10.9 Å². The van der Waals surface area contributed by atoms with E-state index in [1.54, 1.807) is 12.1 Å². The van der Waals surface area contributed by atoms with Crippen molar-refractivity contribution in [2.24, 2.45) is 0 Å². The third-order valence-corrected chi connectivity index (χ3v) is 3.43. The fourth-order valence-corrected chi connectivity index (χ4v) is 2.43. The Morgan fingerprint density at radius 2 is 2.10 bits per heavy atom. The molecule has 0 bridgehead atoms. The molecule has 3 nitrogen and oxygen atoms in total. The van der Waals surface area contributed by atoms with Crippen LogP contribution in [0, 0.1) is 5.82 Å². The fourth-order valence-electron chi connectivity index (χ4n) is 2.21. The van der Waals surface area contributed by atoms with Gasteiger partial charge in [-0.2, -0.15) is 0 Å². The van der Waals surface area contributed by atoms with E-state index in [9.17, 15) is 4.39 Å². The van der Waals surface area contributed by atoms with E-state index in [0.29, 0.717) is 27.6 Å². The first kappa shape index (κ1) is 13.1. The summed E-state index contributed by atoms with van der Waals surface area (Å²) in [6, 6.07) is 6.19. The Labute approximate surface area is 120 Å². The zero-order valence-corrected chi connectivity index (χ0v) is 11.6. The Hall–Kier alpha value is -1.94. The van der Waals surface area contributed by atoms with Crippen LogP contribution < -0.4 is 0 Å². The van der Waals surface area contributed by atoms with Gasteiger partial charge in [-0.1, -0.05) is 24.9 Å². The van der Waals surface area contributed by atoms with Gasteiger partial charge in [0.1, 0.15) is 28.6 Å². The van der Waals surface area contributed by atoms with Gasteiger partial charge in [-0.05, 0) is 30.7 Å². The number of rotatable bonds is 3. The molecule has 1 aromatic carbocycles. The van der Waals surface area contributed by atoms with Crippen LogP contribution in [0.5, 0.6) is 0 Å². The SMILES string of the molecule is CCCc1c(Cl)ncnc1-c1cc2cc(F)ccc2o1. The lowest BCUT2D eigenvalue weighted by Crippen LogP contribution is -1.95. The van der Waals surface area contributed by atoms with Gasteiger partial charge in [-0.15, -0.1) is 0 Å². The second kappa shape index (κ2) is 5.21. The van der Waals surface area contributed by atoms with Crippen LogP contribution in [0.2, 0.25) is 5.15 Å². The minimum absolute atomic E-state index is 0.292. The van der Waals surface area contributed by atoms with Crippen LogP contribution >= 0.6 is 11.6 Å². The van der Waals surface area contributed by atoms with E-state index in [1.807, 2.05) is 0 Å². The Bertz CT molecular complexity index is 770. The molecule has 0 amide bonds. The highest BCUT2D eigenvalue weighted by atomic mass is 35.5. The Kier molecular flexibility index (Phi) is 3.40. The minimum Gasteiger partial charge on any atom is -0.454 e. The lowest BCUT2D eigenvalue weighted by atomic mass is 10.1. The number of halogens is 2. The lowest BCUT2D eigenvalue weighted by Gasteiger charge is -2.05. The van der Waals surface area contributed by atoms with Crippen LogP contribution in [0.25, 0.3) is 22.4 Å². The maximum atomic E-state index is 13.2. The largest absolute Gasteiger partial charge is 0.454 e. The van der Waals surface area contributed by atoms with Gasteiger partial charge < -0.3 is 4.42 Å². The molecule has 2 heterocycles. The molecule has 0 saturated heterocycles. The first-order chi connectivity index (χ1) is 9.69. The molecule has 0 atom stereocenters. The Balaban J connectivity index is 2.17. The molecule has 0 radical (unpaired) electrons. The summed E-state index contributed by atoms with van der Waals surface area (Å²) in [6.07, 6.45) is 3.10. The van der Waals surface area contributed by atoms with E-state index >= 15 is 0 Å². The van der Waals surface area contributed by atoms with Crippen LogP contribution in [0.1, 0.15) is 18.9 Å². The van der Waals surface area contributed by atoms with Gasteiger partial charge in [-0.25, -0.2) is 14.4 Å². The lowest BCUT2D eigenvalue weighted by molar-refractivity contribution is 0.616. The molecule has 5 heteroatoms. The molecule has 0 aliphatic carbocycles. The third-order valence-electron chi connectivity index (χ3n) is 3.10. The first-order valence-electron chi connectivity index (χ1n) is 6.38. The van der Waals surface area contributed by atoms with Crippen molar-refractivity contribution in [3.63, 3.8) is 0 Å². The van der Waals surface area contributed by atoms with Crippen molar-refractivity contribution >= 4 is 22.6 Å². The molecule has 3 aromatic rings. The average Bonchev–Trinajstić information content (AvgIpc) is 2.84. The normalized spacial score (nSPS) is 11.2. The van der Waals surface area contributed by atoms with Crippen molar-refractivity contribution in [3.05, 3.63) is 47.1 Å². The molecule has 0 spiro atoms. The van der Waals surface area contributed by atoms with Crippen LogP contribution in [-0.4, -0.2) is 9.97 Å². The molecule has 0 aliphatic rings. The summed E-state index contributed by atoms with van der Waals surface area (Å²) in [7, 11) is 0. The minimum atomic E-state index is -0.292. The molecule has 0 unspecified atom stereocenters.